The number of amides is 12. The molecule has 95 heavy (non-hydrogen) atoms. The standard InChI is InChI=1S/C68H93N15O12/c1-37(2)29-49-62(89)81-54(31-40-17-8-7-9-18-40)68(95)83-28-16-24-55(83)66(93)80-50(30-38(3)4)61(88)78-51(32-41-35-72-45-21-12-10-19-43(41)45)63(90)79-53(34-57(71)85)64(91)74-48(25-26-56(70)84)60(87)77-52(33-42-36-73-46-22-13-11-20-44(42)46)65(92)82-58(39(5)6)67(94)75-47(59(86)76-49)23-14-15-27-69/h7-13,17-22,35-39,47-55,58,72-73H,14-16,23-34,69H2,1-6H3,(H2,70,84)(H2,71,85)(H,74,91)(H,75,94)(H,76,86)(H,77,87)(H,78,88)(H,79,90)(H,80,93)(H,81,89)(H,82,92). The number of hydrogen-bond donors (Lipinski definition) is 14. The summed E-state index contributed by atoms with van der Waals surface area (Å²) in [5.74, 6) is -11.5. The Hall–Kier alpha value is -9.66. The highest BCUT2D eigenvalue weighted by molar-refractivity contribution is 6.01. The fourth-order valence-corrected chi connectivity index (χ4v) is 12.1. The Morgan fingerprint density at radius 3 is 1.44 bits per heavy atom. The molecule has 0 aliphatic carbocycles. The minimum atomic E-state index is -1.84. The van der Waals surface area contributed by atoms with Crippen molar-refractivity contribution in [3.05, 3.63) is 108 Å². The lowest BCUT2D eigenvalue weighted by molar-refractivity contribution is -0.142. The van der Waals surface area contributed by atoms with Crippen molar-refractivity contribution >= 4 is 92.7 Å². The van der Waals surface area contributed by atoms with Crippen molar-refractivity contribution in [2.75, 3.05) is 13.1 Å². The molecule has 2 aliphatic rings. The number of para-hydroxylation sites is 2. The first-order valence-corrected chi connectivity index (χ1v) is 32.7. The molecule has 0 bridgehead atoms. The predicted octanol–water partition coefficient (Wildman–Crippen LogP) is 1.06. The number of unbranched alkanes of at least 4 members (excludes halogenated alkanes) is 1. The Morgan fingerprint density at radius 2 is 0.916 bits per heavy atom. The first kappa shape index (κ1) is 72.8. The molecule has 10 unspecified atom stereocenters. The van der Waals surface area contributed by atoms with Crippen LogP contribution in [0.1, 0.15) is 122 Å². The van der Waals surface area contributed by atoms with Gasteiger partial charge in [0.05, 0.1) is 6.42 Å². The van der Waals surface area contributed by atoms with E-state index < -0.39 is 156 Å². The van der Waals surface area contributed by atoms with E-state index in [-0.39, 0.29) is 69.9 Å². The number of rotatable bonds is 20. The van der Waals surface area contributed by atoms with Crippen LogP contribution in [-0.4, -0.2) is 159 Å². The molecule has 27 nitrogen and oxygen atoms in total. The van der Waals surface area contributed by atoms with E-state index in [1.807, 2.05) is 27.7 Å². The molecule has 17 N–H and O–H groups in total. The van der Waals surface area contributed by atoms with Crippen molar-refractivity contribution < 1.29 is 57.5 Å². The molecule has 2 aliphatic heterocycles. The van der Waals surface area contributed by atoms with Crippen molar-refractivity contribution in [2.24, 2.45) is 35.0 Å². The predicted molar refractivity (Wildman–Crippen MR) is 355 cm³/mol. The third-order valence-corrected chi connectivity index (χ3v) is 17.1. The maximum Gasteiger partial charge on any atom is 0.246 e. The summed E-state index contributed by atoms with van der Waals surface area (Å²) >= 11 is 0. The van der Waals surface area contributed by atoms with Crippen LogP contribution in [0.15, 0.2) is 91.3 Å². The zero-order valence-corrected chi connectivity index (χ0v) is 54.9. The molecule has 2 fully saturated rings. The summed E-state index contributed by atoms with van der Waals surface area (Å²) in [5, 5.41) is 26.1. The van der Waals surface area contributed by atoms with Crippen LogP contribution in [0, 0.1) is 17.8 Å². The van der Waals surface area contributed by atoms with Gasteiger partial charge in [0, 0.05) is 66.4 Å². The Balaban J connectivity index is 1.32. The third kappa shape index (κ3) is 20.7. The van der Waals surface area contributed by atoms with Crippen LogP contribution >= 0.6 is 0 Å². The van der Waals surface area contributed by atoms with Crippen molar-refractivity contribution in [3.63, 3.8) is 0 Å². The minimum Gasteiger partial charge on any atom is -0.370 e. The van der Waals surface area contributed by atoms with E-state index in [0.717, 1.165) is 0 Å². The van der Waals surface area contributed by atoms with Crippen LogP contribution in [-0.2, 0) is 76.8 Å². The number of carbonyl (C=O) groups excluding carboxylic acids is 12. The second kappa shape index (κ2) is 34.5. The second-order valence-electron chi connectivity index (χ2n) is 25.9. The van der Waals surface area contributed by atoms with E-state index in [1.165, 1.54) is 4.90 Å². The van der Waals surface area contributed by atoms with Crippen LogP contribution in [0.25, 0.3) is 21.8 Å². The number of benzene rings is 3. The van der Waals surface area contributed by atoms with Crippen LogP contribution in [0.4, 0.5) is 0 Å². The van der Waals surface area contributed by atoms with E-state index in [9.17, 15) is 52.7 Å². The number of H-pyrrole nitrogens is 2. The molecule has 0 radical (unpaired) electrons. The zero-order valence-electron chi connectivity index (χ0n) is 54.9. The molecule has 7 rings (SSSR count). The number of hydrogen-bond acceptors (Lipinski definition) is 13. The van der Waals surface area contributed by atoms with E-state index in [1.54, 1.807) is 105 Å². The minimum absolute atomic E-state index is 0.0267. The number of aromatic amines is 2. The zero-order chi connectivity index (χ0) is 69.0. The normalized spacial score (nSPS) is 23.8. The average Bonchev–Trinajstić information content (AvgIpc) is 1.85. The van der Waals surface area contributed by atoms with Gasteiger partial charge in [0.2, 0.25) is 70.9 Å². The van der Waals surface area contributed by atoms with Crippen molar-refractivity contribution in [3.8, 4) is 0 Å². The van der Waals surface area contributed by atoms with Gasteiger partial charge in [-0.1, -0.05) is 108 Å². The SMILES string of the molecule is CC(C)CC1NC(=O)C(CCCCN)NC(=O)C(C(C)C)NC(=O)C(Cc2c[nH]c3ccccc23)NC(=O)C(CCC(N)=O)NC(=O)C(CC(N)=O)NC(=O)C(Cc2c[nH]c3ccccc23)NC(=O)C(CC(C)C)NC(=O)C2CCCN2C(=O)C(Cc2ccccc2)NC1=O. The summed E-state index contributed by atoms with van der Waals surface area (Å²) in [6.07, 6.45) is 2.56. The van der Waals surface area contributed by atoms with E-state index in [2.05, 4.69) is 57.8 Å². The number of nitrogens with one attached hydrogen (secondary N) is 11. The molecule has 2 aromatic heterocycles. The van der Waals surface area contributed by atoms with E-state index in [4.69, 9.17) is 17.2 Å². The van der Waals surface area contributed by atoms with Crippen molar-refractivity contribution in [2.45, 2.75) is 185 Å². The fourth-order valence-electron chi connectivity index (χ4n) is 12.1. The molecule has 4 heterocycles. The van der Waals surface area contributed by atoms with Crippen LogP contribution in [0.3, 0.4) is 0 Å². The number of nitrogens with two attached hydrogens (primary N) is 3. The second-order valence-corrected chi connectivity index (χ2v) is 25.9. The van der Waals surface area contributed by atoms with Gasteiger partial charge >= 0.3 is 0 Å². The number of aromatic nitrogens is 2. The topological polar surface area (TPSA) is 426 Å². The highest BCUT2D eigenvalue weighted by atomic mass is 16.2. The number of fused-ring (bicyclic) bond motifs is 3. The molecule has 3 aromatic carbocycles. The molecular weight excluding hydrogens is 1220 g/mol. The molecular formula is C68H93N15O12. The van der Waals surface area contributed by atoms with Gasteiger partial charge in [-0.15, -0.1) is 0 Å². The summed E-state index contributed by atoms with van der Waals surface area (Å²) in [6, 6.07) is 8.93. The van der Waals surface area contributed by atoms with Crippen LogP contribution in [0.5, 0.6) is 0 Å². The Kier molecular flexibility index (Phi) is 26.4. The molecule has 5 aromatic rings. The number of nitrogens with zero attached hydrogens (tertiary/aromatic N) is 1. The highest BCUT2D eigenvalue weighted by Gasteiger charge is 2.42. The van der Waals surface area contributed by atoms with Crippen molar-refractivity contribution in [1.82, 2.24) is 62.7 Å². The Labute approximate surface area is 552 Å². The summed E-state index contributed by atoms with van der Waals surface area (Å²) in [4.78, 5) is 182. The monoisotopic (exact) mass is 1310 g/mol. The lowest BCUT2D eigenvalue weighted by Crippen LogP contribution is -2.62. The largest absolute Gasteiger partial charge is 0.370 e. The van der Waals surface area contributed by atoms with Gasteiger partial charge in [-0.05, 0) is 104 Å². The lowest BCUT2D eigenvalue weighted by Gasteiger charge is -2.32. The lowest BCUT2D eigenvalue weighted by atomic mass is 9.98. The Morgan fingerprint density at radius 1 is 0.474 bits per heavy atom. The molecule has 2 saturated heterocycles. The maximum atomic E-state index is 15.1. The summed E-state index contributed by atoms with van der Waals surface area (Å²) in [7, 11) is 0. The molecule has 0 spiro atoms. The Bertz CT molecular complexity index is 3550. The highest BCUT2D eigenvalue weighted by Crippen LogP contribution is 2.24. The third-order valence-electron chi connectivity index (χ3n) is 17.1. The van der Waals surface area contributed by atoms with E-state index >= 15 is 4.79 Å². The van der Waals surface area contributed by atoms with Crippen LogP contribution in [0.2, 0.25) is 0 Å². The summed E-state index contributed by atoms with van der Waals surface area (Å²) in [5.41, 5.74) is 20.4. The first-order valence-electron chi connectivity index (χ1n) is 32.7. The molecule has 512 valence electrons. The van der Waals surface area contributed by atoms with Gasteiger partial charge in [0.25, 0.3) is 0 Å². The van der Waals surface area contributed by atoms with Crippen LogP contribution < -0.4 is 65.1 Å². The first-order chi connectivity index (χ1) is 45.3. The molecule has 27 heteroatoms. The van der Waals surface area contributed by atoms with Gasteiger partial charge in [0.15, 0.2) is 0 Å². The summed E-state index contributed by atoms with van der Waals surface area (Å²) in [6.45, 7) is 11.0. The van der Waals surface area contributed by atoms with Gasteiger partial charge in [-0.25, -0.2) is 0 Å². The van der Waals surface area contributed by atoms with Crippen molar-refractivity contribution in [1.29, 1.82) is 0 Å². The maximum absolute atomic E-state index is 15.1. The summed E-state index contributed by atoms with van der Waals surface area (Å²) < 4.78 is 0. The average molecular weight is 1310 g/mol. The van der Waals surface area contributed by atoms with Gasteiger partial charge < -0.3 is 79.9 Å². The van der Waals surface area contributed by atoms with Gasteiger partial charge in [0.1, 0.15) is 60.4 Å². The number of carbonyl (C=O) groups is 12. The van der Waals surface area contributed by atoms with E-state index in [0.29, 0.717) is 57.8 Å². The quantitative estimate of drug-likeness (QED) is 0.0486. The molecule has 0 saturated carbocycles. The van der Waals surface area contributed by atoms with Gasteiger partial charge in [-0.2, -0.15) is 0 Å². The van der Waals surface area contributed by atoms with Gasteiger partial charge in [-0.3, -0.25) is 57.5 Å². The smallest absolute Gasteiger partial charge is 0.246 e. The number of primary amides is 2. The molecule has 12 amide bonds. The fraction of sp³-hybridized carbons (Fsp3) is 0.500. The molecule has 10 atom stereocenters.